The minimum absolute atomic E-state index is 0.376. The lowest BCUT2D eigenvalue weighted by Crippen LogP contribution is -2.33. The SMILES string of the molecule is Cc1ccc(CN(C)C(=O)C(=O)c2c(C)nn(-c3ccccc3)c2C)c(C)c1. The van der Waals surface area contributed by atoms with Crippen molar-refractivity contribution in [3.05, 3.63) is 82.2 Å². The highest BCUT2D eigenvalue weighted by atomic mass is 16.2. The van der Waals surface area contributed by atoms with Crippen molar-refractivity contribution in [2.45, 2.75) is 34.2 Å². The summed E-state index contributed by atoms with van der Waals surface area (Å²) in [5.74, 6) is -1.05. The van der Waals surface area contributed by atoms with E-state index in [2.05, 4.69) is 11.2 Å². The summed E-state index contributed by atoms with van der Waals surface area (Å²) in [5.41, 5.74) is 5.77. The molecule has 0 saturated heterocycles. The second-order valence-corrected chi connectivity index (χ2v) is 7.21. The Morgan fingerprint density at radius 3 is 2.32 bits per heavy atom. The molecule has 0 atom stereocenters. The van der Waals surface area contributed by atoms with Crippen LogP contribution in [0.4, 0.5) is 0 Å². The Labute approximate surface area is 165 Å². The Kier molecular flexibility index (Phi) is 5.45. The van der Waals surface area contributed by atoms with E-state index in [1.807, 2.05) is 63.2 Å². The number of hydrogen-bond acceptors (Lipinski definition) is 3. The molecule has 0 bridgehead atoms. The van der Waals surface area contributed by atoms with E-state index in [0.29, 0.717) is 23.5 Å². The summed E-state index contributed by atoms with van der Waals surface area (Å²) in [6.45, 7) is 8.02. The van der Waals surface area contributed by atoms with Crippen LogP contribution in [0, 0.1) is 27.7 Å². The predicted molar refractivity (Wildman–Crippen MR) is 110 cm³/mol. The van der Waals surface area contributed by atoms with Crippen molar-refractivity contribution in [3.63, 3.8) is 0 Å². The lowest BCUT2D eigenvalue weighted by molar-refractivity contribution is -0.125. The molecule has 0 aliphatic rings. The van der Waals surface area contributed by atoms with Crippen LogP contribution >= 0.6 is 0 Å². The van der Waals surface area contributed by atoms with E-state index in [1.165, 1.54) is 10.5 Å². The summed E-state index contributed by atoms with van der Waals surface area (Å²) in [6, 6.07) is 15.7. The molecule has 1 amide bonds. The molecule has 144 valence electrons. The largest absolute Gasteiger partial charge is 0.335 e. The lowest BCUT2D eigenvalue weighted by Gasteiger charge is -2.18. The van der Waals surface area contributed by atoms with Gasteiger partial charge >= 0.3 is 0 Å². The Hall–Kier alpha value is -3.21. The average Bonchev–Trinajstić information content (AvgIpc) is 2.97. The maximum atomic E-state index is 13.0. The molecule has 0 unspecified atom stereocenters. The molecule has 5 nitrogen and oxygen atoms in total. The summed E-state index contributed by atoms with van der Waals surface area (Å²) in [4.78, 5) is 27.2. The lowest BCUT2D eigenvalue weighted by atomic mass is 10.0. The van der Waals surface area contributed by atoms with E-state index in [9.17, 15) is 9.59 Å². The van der Waals surface area contributed by atoms with E-state index in [4.69, 9.17) is 0 Å². The number of benzene rings is 2. The normalized spacial score (nSPS) is 10.8. The fraction of sp³-hybridized carbons (Fsp3) is 0.261. The minimum atomic E-state index is -0.529. The summed E-state index contributed by atoms with van der Waals surface area (Å²) in [7, 11) is 1.66. The third kappa shape index (κ3) is 3.74. The van der Waals surface area contributed by atoms with Crippen LogP contribution in [0.2, 0.25) is 0 Å². The number of likely N-dealkylation sites (N-methyl/N-ethyl adjacent to an activating group) is 1. The van der Waals surface area contributed by atoms with Gasteiger partial charge < -0.3 is 4.90 Å². The predicted octanol–water partition coefficient (Wildman–Crippen LogP) is 3.95. The Balaban J connectivity index is 1.85. The number of aryl methyl sites for hydroxylation is 3. The van der Waals surface area contributed by atoms with Gasteiger partial charge in [0.15, 0.2) is 0 Å². The first kappa shape index (κ1) is 19.5. The number of para-hydroxylation sites is 1. The molecule has 0 N–H and O–H groups in total. The zero-order chi connectivity index (χ0) is 20.4. The molecule has 0 saturated carbocycles. The molecule has 0 radical (unpaired) electrons. The summed E-state index contributed by atoms with van der Waals surface area (Å²) >= 11 is 0. The first-order valence-electron chi connectivity index (χ1n) is 9.27. The molecule has 3 aromatic rings. The first-order valence-corrected chi connectivity index (χ1v) is 9.27. The van der Waals surface area contributed by atoms with Crippen LogP contribution in [0.3, 0.4) is 0 Å². The van der Waals surface area contributed by atoms with Crippen LogP contribution in [-0.2, 0) is 11.3 Å². The zero-order valence-electron chi connectivity index (χ0n) is 17.0. The van der Waals surface area contributed by atoms with Gasteiger partial charge in [0.1, 0.15) is 0 Å². The summed E-state index contributed by atoms with van der Waals surface area (Å²) in [6.07, 6.45) is 0. The number of nitrogens with zero attached hydrogens (tertiary/aromatic N) is 3. The molecule has 28 heavy (non-hydrogen) atoms. The fourth-order valence-electron chi connectivity index (χ4n) is 3.42. The summed E-state index contributed by atoms with van der Waals surface area (Å²) < 4.78 is 1.71. The van der Waals surface area contributed by atoms with E-state index in [1.54, 1.807) is 18.7 Å². The third-order valence-electron chi connectivity index (χ3n) is 4.97. The number of hydrogen-bond donors (Lipinski definition) is 0. The van der Waals surface area contributed by atoms with Gasteiger partial charge in [0, 0.05) is 13.6 Å². The number of carbonyl (C=O) groups is 2. The number of Topliss-reactive ketones (excluding diaryl/α,β-unsaturated/α-hetero) is 1. The fourth-order valence-corrected chi connectivity index (χ4v) is 3.42. The van der Waals surface area contributed by atoms with Crippen molar-refractivity contribution in [1.82, 2.24) is 14.7 Å². The monoisotopic (exact) mass is 375 g/mol. The molecule has 0 aliphatic carbocycles. The molecule has 5 heteroatoms. The van der Waals surface area contributed by atoms with Crippen molar-refractivity contribution >= 4 is 11.7 Å². The molecule has 3 rings (SSSR count). The number of carbonyl (C=O) groups excluding carboxylic acids is 2. The van der Waals surface area contributed by atoms with Crippen molar-refractivity contribution in [2.75, 3.05) is 7.05 Å². The van der Waals surface area contributed by atoms with Gasteiger partial charge in [-0.2, -0.15) is 5.10 Å². The van der Waals surface area contributed by atoms with Crippen LogP contribution < -0.4 is 0 Å². The molecule has 0 fully saturated rings. The van der Waals surface area contributed by atoms with E-state index in [-0.39, 0.29) is 0 Å². The van der Waals surface area contributed by atoms with Gasteiger partial charge in [-0.15, -0.1) is 0 Å². The van der Waals surface area contributed by atoms with Crippen molar-refractivity contribution < 1.29 is 9.59 Å². The van der Waals surface area contributed by atoms with Gasteiger partial charge in [0.25, 0.3) is 11.7 Å². The molecule has 1 aromatic heterocycles. The number of amides is 1. The number of rotatable bonds is 5. The molecule has 0 aliphatic heterocycles. The molecule has 0 spiro atoms. The standard InChI is InChI=1S/C23H25N3O2/c1-15-11-12-19(16(2)13-15)14-25(5)23(28)22(27)21-17(3)24-26(18(21)4)20-9-7-6-8-10-20/h6-13H,14H2,1-5H3. The Bertz CT molecular complexity index is 1040. The Morgan fingerprint density at radius 2 is 1.68 bits per heavy atom. The van der Waals surface area contributed by atoms with Crippen LogP contribution in [-0.4, -0.2) is 33.4 Å². The van der Waals surface area contributed by atoms with Crippen LogP contribution in [0.15, 0.2) is 48.5 Å². The maximum absolute atomic E-state index is 13.0. The molecule has 1 heterocycles. The highest BCUT2D eigenvalue weighted by Crippen LogP contribution is 2.20. The van der Waals surface area contributed by atoms with Gasteiger partial charge in [0.2, 0.25) is 0 Å². The van der Waals surface area contributed by atoms with Gasteiger partial charge in [0.05, 0.1) is 22.6 Å². The molecular weight excluding hydrogens is 350 g/mol. The first-order chi connectivity index (χ1) is 13.3. The number of ketones is 1. The highest BCUT2D eigenvalue weighted by molar-refractivity contribution is 6.43. The smallest absolute Gasteiger partial charge is 0.295 e. The van der Waals surface area contributed by atoms with E-state index < -0.39 is 11.7 Å². The van der Waals surface area contributed by atoms with Gasteiger partial charge in [-0.1, -0.05) is 42.0 Å². The summed E-state index contributed by atoms with van der Waals surface area (Å²) in [5, 5.41) is 4.48. The van der Waals surface area contributed by atoms with Gasteiger partial charge in [-0.05, 0) is 51.0 Å². The topological polar surface area (TPSA) is 55.2 Å². The average molecular weight is 375 g/mol. The van der Waals surface area contributed by atoms with Crippen molar-refractivity contribution in [2.24, 2.45) is 0 Å². The van der Waals surface area contributed by atoms with Crippen molar-refractivity contribution in [3.8, 4) is 5.69 Å². The number of aromatic nitrogens is 2. The van der Waals surface area contributed by atoms with E-state index in [0.717, 1.165) is 16.8 Å². The van der Waals surface area contributed by atoms with E-state index >= 15 is 0 Å². The molecular formula is C23H25N3O2. The van der Waals surface area contributed by atoms with Gasteiger partial charge in [-0.25, -0.2) is 4.68 Å². The Morgan fingerprint density at radius 1 is 1.00 bits per heavy atom. The zero-order valence-corrected chi connectivity index (χ0v) is 17.0. The third-order valence-corrected chi connectivity index (χ3v) is 4.97. The minimum Gasteiger partial charge on any atom is -0.335 e. The maximum Gasteiger partial charge on any atom is 0.295 e. The van der Waals surface area contributed by atoms with Crippen LogP contribution in [0.25, 0.3) is 5.69 Å². The van der Waals surface area contributed by atoms with Crippen LogP contribution in [0.1, 0.15) is 38.4 Å². The van der Waals surface area contributed by atoms with Gasteiger partial charge in [-0.3, -0.25) is 9.59 Å². The quantitative estimate of drug-likeness (QED) is 0.501. The highest BCUT2D eigenvalue weighted by Gasteiger charge is 2.27. The second kappa shape index (κ2) is 7.80. The second-order valence-electron chi connectivity index (χ2n) is 7.21. The van der Waals surface area contributed by atoms with Crippen molar-refractivity contribution in [1.29, 1.82) is 0 Å². The van der Waals surface area contributed by atoms with Crippen LogP contribution in [0.5, 0.6) is 0 Å². The molecule has 2 aromatic carbocycles.